The smallest absolute Gasteiger partial charge is 0.326 e. The minimum atomic E-state index is -1.45. The topological polar surface area (TPSA) is 179 Å². The first-order valence-corrected chi connectivity index (χ1v) is 12.7. The van der Waals surface area contributed by atoms with E-state index < -0.39 is 54.1 Å². The lowest BCUT2D eigenvalue weighted by atomic mass is 9.90. The van der Waals surface area contributed by atoms with Crippen molar-refractivity contribution < 1.29 is 33.4 Å². The average molecular weight is 560 g/mol. The molecule has 2 aromatic rings. The van der Waals surface area contributed by atoms with Crippen LogP contribution < -0.4 is 20.7 Å². The number of esters is 1. The Kier molecular flexibility index (Phi) is 9.53. The van der Waals surface area contributed by atoms with E-state index in [0.29, 0.717) is 41.1 Å². The lowest BCUT2D eigenvalue weighted by Crippen LogP contribution is -2.49. The Balaban J connectivity index is 1.65. The van der Waals surface area contributed by atoms with Crippen molar-refractivity contribution in [1.29, 1.82) is 5.26 Å². The summed E-state index contributed by atoms with van der Waals surface area (Å²) in [5.41, 5.74) is -0.721. The van der Waals surface area contributed by atoms with E-state index in [-0.39, 0.29) is 18.0 Å². The van der Waals surface area contributed by atoms with Gasteiger partial charge in [0.15, 0.2) is 12.4 Å². The van der Waals surface area contributed by atoms with Crippen molar-refractivity contribution in [2.24, 2.45) is 11.3 Å². The zero-order valence-electron chi connectivity index (χ0n) is 21.8. The Morgan fingerprint density at radius 3 is 2.67 bits per heavy atom. The number of nitrogens with one attached hydrogen (secondary N) is 4. The summed E-state index contributed by atoms with van der Waals surface area (Å²) in [5.74, 6) is -3.09. The molecule has 2 atom stereocenters. The molecule has 1 aromatic heterocycles. The maximum Gasteiger partial charge on any atom is 0.326 e. The molecule has 39 heavy (non-hydrogen) atoms. The number of H-pyrrole nitrogens is 1. The second kappa shape index (κ2) is 12.6. The Hall–Kier alpha value is -4.11. The first-order valence-electron chi connectivity index (χ1n) is 12.3. The number of fused-ring (bicyclic) bond motifs is 1. The third-order valence-corrected chi connectivity index (χ3v) is 6.54. The number of aromatic amines is 1. The number of rotatable bonds is 11. The summed E-state index contributed by atoms with van der Waals surface area (Å²) in [6.07, 6.45) is 1.23. The second-order valence-corrected chi connectivity index (χ2v) is 10.1. The minimum absolute atomic E-state index is 0.00782. The predicted octanol–water partition coefficient (Wildman–Crippen LogP) is 1.62. The Labute approximate surface area is 229 Å². The molecule has 0 spiro atoms. The van der Waals surface area contributed by atoms with Crippen LogP contribution in [0.1, 0.15) is 43.6 Å². The number of nitrogens with zero attached hydrogens (tertiary/aromatic N) is 1. The van der Waals surface area contributed by atoms with Gasteiger partial charge >= 0.3 is 5.97 Å². The van der Waals surface area contributed by atoms with Gasteiger partial charge in [0.25, 0.3) is 5.91 Å². The molecule has 208 valence electrons. The fourth-order valence-electron chi connectivity index (χ4n) is 4.04. The standard InChI is InChI=1S/C26H30ClN5O7/c1-26(2,13-28)25(37)39-12-20(33)18(7-14-5-4-6-29-23(14)35)32-22(34)11-30-24(36)19-10-16-17(31-19)8-15(27)9-21(16)38-3/h8-10,14,18,31H,4-7,11-12H2,1-3H3,(H,29,35)(H,30,36)(H,32,34)/t14?,18-/m0/s1. The van der Waals surface area contributed by atoms with Crippen LogP contribution in [0.15, 0.2) is 18.2 Å². The number of hydrogen-bond donors (Lipinski definition) is 4. The summed E-state index contributed by atoms with van der Waals surface area (Å²) >= 11 is 6.07. The van der Waals surface area contributed by atoms with Crippen molar-refractivity contribution in [1.82, 2.24) is 20.9 Å². The third kappa shape index (κ3) is 7.48. The van der Waals surface area contributed by atoms with Crippen LogP contribution >= 0.6 is 11.6 Å². The van der Waals surface area contributed by atoms with Crippen LogP contribution in [0.3, 0.4) is 0 Å². The van der Waals surface area contributed by atoms with E-state index >= 15 is 0 Å². The van der Waals surface area contributed by atoms with Crippen LogP contribution in [-0.2, 0) is 23.9 Å². The number of carbonyl (C=O) groups is 5. The molecule has 1 aromatic carbocycles. The van der Waals surface area contributed by atoms with Crippen molar-refractivity contribution in [3.05, 3.63) is 28.9 Å². The van der Waals surface area contributed by atoms with Gasteiger partial charge in [-0.05, 0) is 51.3 Å². The molecule has 0 saturated carbocycles. The van der Waals surface area contributed by atoms with Gasteiger partial charge in [-0.3, -0.25) is 24.0 Å². The van der Waals surface area contributed by atoms with Gasteiger partial charge in [0.2, 0.25) is 11.8 Å². The van der Waals surface area contributed by atoms with Crippen molar-refractivity contribution >= 4 is 52.0 Å². The zero-order chi connectivity index (χ0) is 28.7. The molecule has 1 saturated heterocycles. The number of hydrogen-bond acceptors (Lipinski definition) is 8. The molecule has 1 unspecified atom stereocenters. The molecule has 13 heteroatoms. The number of methoxy groups -OCH3 is 1. The summed E-state index contributed by atoms with van der Waals surface area (Å²) in [6, 6.07) is 5.43. The minimum Gasteiger partial charge on any atom is -0.496 e. The Bertz CT molecular complexity index is 1330. The van der Waals surface area contributed by atoms with Crippen LogP contribution in [0.5, 0.6) is 5.75 Å². The maximum absolute atomic E-state index is 12.9. The van der Waals surface area contributed by atoms with E-state index in [2.05, 4.69) is 20.9 Å². The number of nitriles is 1. The van der Waals surface area contributed by atoms with Crippen LogP contribution in [0.25, 0.3) is 10.9 Å². The van der Waals surface area contributed by atoms with Gasteiger partial charge in [-0.25, -0.2) is 0 Å². The molecule has 0 bridgehead atoms. The number of aromatic nitrogens is 1. The molecule has 0 radical (unpaired) electrons. The molecule has 0 aliphatic carbocycles. The number of piperidine rings is 1. The number of amides is 3. The Morgan fingerprint density at radius 2 is 2.00 bits per heavy atom. The quantitative estimate of drug-likeness (QED) is 0.300. The number of Topliss-reactive ketones (excluding diaryl/α,β-unsaturated/α-hetero) is 1. The lowest BCUT2D eigenvalue weighted by molar-refractivity contribution is -0.154. The normalized spacial score (nSPS) is 16.0. The fourth-order valence-corrected chi connectivity index (χ4v) is 4.25. The van der Waals surface area contributed by atoms with Gasteiger partial charge in [0.05, 0.1) is 31.3 Å². The summed E-state index contributed by atoms with van der Waals surface area (Å²) in [6.45, 7) is 2.08. The number of carbonyl (C=O) groups excluding carboxylic acids is 5. The van der Waals surface area contributed by atoms with E-state index in [1.54, 1.807) is 24.3 Å². The SMILES string of the molecule is COc1cc(Cl)cc2[nH]c(C(=O)NCC(=O)N[C@@H](CC3CCCNC3=O)C(=O)COC(=O)C(C)(C)C#N)cc12. The highest BCUT2D eigenvalue weighted by Crippen LogP contribution is 2.30. The monoisotopic (exact) mass is 559 g/mol. The van der Waals surface area contributed by atoms with E-state index in [1.165, 1.54) is 21.0 Å². The molecule has 4 N–H and O–H groups in total. The molecule has 3 rings (SSSR count). The first-order chi connectivity index (χ1) is 18.4. The van der Waals surface area contributed by atoms with E-state index in [4.69, 9.17) is 26.3 Å². The molecule has 1 aliphatic heterocycles. The van der Waals surface area contributed by atoms with Crippen molar-refractivity contribution in [3.8, 4) is 11.8 Å². The molecular weight excluding hydrogens is 530 g/mol. The Morgan fingerprint density at radius 1 is 1.26 bits per heavy atom. The highest BCUT2D eigenvalue weighted by molar-refractivity contribution is 6.31. The van der Waals surface area contributed by atoms with Gasteiger partial charge in [-0.1, -0.05) is 11.6 Å². The summed E-state index contributed by atoms with van der Waals surface area (Å²) in [7, 11) is 1.47. The van der Waals surface area contributed by atoms with Crippen LogP contribution in [0, 0.1) is 22.7 Å². The molecular formula is C26H30ClN5O7. The fraction of sp³-hybridized carbons (Fsp3) is 0.462. The summed E-state index contributed by atoms with van der Waals surface area (Å²) in [5, 5.41) is 17.9. The highest BCUT2D eigenvalue weighted by Gasteiger charge is 2.33. The second-order valence-electron chi connectivity index (χ2n) is 9.70. The molecule has 2 heterocycles. The van der Waals surface area contributed by atoms with E-state index in [0.717, 1.165) is 0 Å². The number of benzene rings is 1. The molecule has 1 aliphatic rings. The summed E-state index contributed by atoms with van der Waals surface area (Å²) in [4.78, 5) is 65.6. The number of ether oxygens (including phenoxy) is 2. The van der Waals surface area contributed by atoms with Crippen LogP contribution in [0.2, 0.25) is 5.02 Å². The molecule has 12 nitrogen and oxygen atoms in total. The number of ketones is 1. The largest absolute Gasteiger partial charge is 0.496 e. The maximum atomic E-state index is 12.9. The van der Waals surface area contributed by atoms with E-state index in [1.807, 2.05) is 0 Å². The molecule has 1 fully saturated rings. The van der Waals surface area contributed by atoms with Gasteiger partial charge < -0.3 is 30.4 Å². The van der Waals surface area contributed by atoms with E-state index in [9.17, 15) is 24.0 Å². The molecule has 3 amide bonds. The van der Waals surface area contributed by atoms with Gasteiger partial charge in [0, 0.05) is 22.9 Å². The first kappa shape index (κ1) is 29.4. The predicted molar refractivity (Wildman–Crippen MR) is 140 cm³/mol. The van der Waals surface area contributed by atoms with Gasteiger partial charge in [-0.2, -0.15) is 5.26 Å². The summed E-state index contributed by atoms with van der Waals surface area (Å²) < 4.78 is 10.3. The average Bonchev–Trinajstić information content (AvgIpc) is 3.34. The van der Waals surface area contributed by atoms with Gasteiger partial charge in [-0.15, -0.1) is 0 Å². The van der Waals surface area contributed by atoms with Crippen LogP contribution in [0.4, 0.5) is 0 Å². The third-order valence-electron chi connectivity index (χ3n) is 6.32. The van der Waals surface area contributed by atoms with Crippen molar-refractivity contribution in [2.45, 2.75) is 39.2 Å². The van der Waals surface area contributed by atoms with Gasteiger partial charge in [0.1, 0.15) is 16.9 Å². The van der Waals surface area contributed by atoms with Crippen LogP contribution in [-0.4, -0.2) is 67.3 Å². The number of halogens is 1. The van der Waals surface area contributed by atoms with Crippen molar-refractivity contribution in [3.63, 3.8) is 0 Å². The zero-order valence-corrected chi connectivity index (χ0v) is 22.6. The van der Waals surface area contributed by atoms with Crippen molar-refractivity contribution in [2.75, 3.05) is 26.8 Å². The highest BCUT2D eigenvalue weighted by atomic mass is 35.5. The lowest BCUT2D eigenvalue weighted by Gasteiger charge is -2.26.